The molecule has 2 aromatic carbocycles. The van der Waals surface area contributed by atoms with Crippen LogP contribution in [0.2, 0.25) is 0 Å². The van der Waals surface area contributed by atoms with Crippen molar-refractivity contribution in [2.24, 2.45) is 5.73 Å². The average Bonchev–Trinajstić information content (AvgIpc) is 2.60. The quantitative estimate of drug-likeness (QED) is 0.819. The molecule has 0 aromatic heterocycles. The highest BCUT2D eigenvalue weighted by molar-refractivity contribution is 5.86. The molecule has 24 heavy (non-hydrogen) atoms. The molecule has 1 unspecified atom stereocenters. The Kier molecular flexibility index (Phi) is 5.82. The Bertz CT molecular complexity index is 684. The average molecular weight is 328 g/mol. The molecule has 0 bridgehead atoms. The van der Waals surface area contributed by atoms with Crippen LogP contribution in [0.5, 0.6) is 11.5 Å². The van der Waals surface area contributed by atoms with E-state index in [0.29, 0.717) is 24.7 Å². The fraction of sp³-hybridized carbons (Fsp3) is 0.316. The van der Waals surface area contributed by atoms with Crippen molar-refractivity contribution in [3.05, 3.63) is 59.7 Å². The first-order chi connectivity index (χ1) is 11.5. The van der Waals surface area contributed by atoms with E-state index in [1.807, 2.05) is 55.5 Å². The molecular formula is C19H24N2O3. The second kappa shape index (κ2) is 7.84. The number of nitrogens with two attached hydrogens (primary N) is 1. The van der Waals surface area contributed by atoms with E-state index in [1.165, 1.54) is 0 Å². The van der Waals surface area contributed by atoms with Gasteiger partial charge in [0.2, 0.25) is 5.91 Å². The van der Waals surface area contributed by atoms with Crippen molar-refractivity contribution in [3.63, 3.8) is 0 Å². The van der Waals surface area contributed by atoms with Crippen molar-refractivity contribution in [1.82, 2.24) is 5.32 Å². The van der Waals surface area contributed by atoms with Gasteiger partial charge in [-0.2, -0.15) is 0 Å². The molecule has 2 aromatic rings. The summed E-state index contributed by atoms with van der Waals surface area (Å²) in [5.41, 5.74) is 6.81. The number of ether oxygens (including phenoxy) is 2. The summed E-state index contributed by atoms with van der Waals surface area (Å²) >= 11 is 0. The predicted octanol–water partition coefficient (Wildman–Crippen LogP) is 2.58. The number of benzene rings is 2. The SMILES string of the molecule is CCOc1cc(CNC(=O)C(C)(N)c2ccccc2)ccc1OC. The number of carbonyl (C=O) groups is 1. The minimum atomic E-state index is -1.09. The Labute approximate surface area is 142 Å². The van der Waals surface area contributed by atoms with Crippen LogP contribution in [0.4, 0.5) is 0 Å². The van der Waals surface area contributed by atoms with Crippen LogP contribution in [0.1, 0.15) is 25.0 Å². The third kappa shape index (κ3) is 4.06. The van der Waals surface area contributed by atoms with E-state index in [4.69, 9.17) is 15.2 Å². The van der Waals surface area contributed by atoms with Crippen molar-refractivity contribution in [3.8, 4) is 11.5 Å². The number of methoxy groups -OCH3 is 1. The molecule has 3 N–H and O–H groups in total. The number of hydrogen-bond donors (Lipinski definition) is 2. The summed E-state index contributed by atoms with van der Waals surface area (Å²) < 4.78 is 10.8. The second-order valence-corrected chi connectivity index (χ2v) is 5.67. The van der Waals surface area contributed by atoms with Crippen LogP contribution < -0.4 is 20.5 Å². The predicted molar refractivity (Wildman–Crippen MR) is 94.0 cm³/mol. The molecule has 2 rings (SSSR count). The molecule has 5 heteroatoms. The van der Waals surface area contributed by atoms with Gasteiger partial charge in [-0.3, -0.25) is 4.79 Å². The molecule has 128 valence electrons. The van der Waals surface area contributed by atoms with Crippen LogP contribution in [0.15, 0.2) is 48.5 Å². The summed E-state index contributed by atoms with van der Waals surface area (Å²) in [4.78, 5) is 12.5. The lowest BCUT2D eigenvalue weighted by molar-refractivity contribution is -0.126. The summed E-state index contributed by atoms with van der Waals surface area (Å²) in [6.07, 6.45) is 0. The lowest BCUT2D eigenvalue weighted by atomic mass is 9.92. The van der Waals surface area contributed by atoms with Gasteiger partial charge in [0.05, 0.1) is 13.7 Å². The minimum absolute atomic E-state index is 0.234. The minimum Gasteiger partial charge on any atom is -0.493 e. The van der Waals surface area contributed by atoms with Crippen molar-refractivity contribution < 1.29 is 14.3 Å². The zero-order valence-corrected chi connectivity index (χ0v) is 14.3. The van der Waals surface area contributed by atoms with E-state index < -0.39 is 5.54 Å². The van der Waals surface area contributed by atoms with E-state index in [1.54, 1.807) is 14.0 Å². The van der Waals surface area contributed by atoms with E-state index in [2.05, 4.69) is 5.32 Å². The monoisotopic (exact) mass is 328 g/mol. The highest BCUT2D eigenvalue weighted by Gasteiger charge is 2.29. The Hall–Kier alpha value is -2.53. The molecule has 0 radical (unpaired) electrons. The number of nitrogens with one attached hydrogen (secondary N) is 1. The smallest absolute Gasteiger partial charge is 0.244 e. The Morgan fingerprint density at radius 3 is 2.50 bits per heavy atom. The molecule has 0 aliphatic rings. The standard InChI is InChI=1S/C19H24N2O3/c1-4-24-17-12-14(10-11-16(17)23-3)13-21-18(22)19(2,20)15-8-6-5-7-9-15/h5-12H,4,13,20H2,1-3H3,(H,21,22). The van der Waals surface area contributed by atoms with Crippen LogP contribution >= 0.6 is 0 Å². The molecule has 0 aliphatic carbocycles. The first-order valence-corrected chi connectivity index (χ1v) is 7.91. The number of hydrogen-bond acceptors (Lipinski definition) is 4. The zero-order chi connectivity index (χ0) is 17.6. The van der Waals surface area contributed by atoms with Gasteiger partial charge < -0.3 is 20.5 Å². The summed E-state index contributed by atoms with van der Waals surface area (Å²) in [6.45, 7) is 4.52. The van der Waals surface area contributed by atoms with E-state index in [9.17, 15) is 4.79 Å². The molecule has 0 aliphatic heterocycles. The molecule has 0 saturated carbocycles. The van der Waals surface area contributed by atoms with Crippen molar-refractivity contribution in [2.45, 2.75) is 25.9 Å². The Balaban J connectivity index is 2.07. The van der Waals surface area contributed by atoms with Gasteiger partial charge in [-0.1, -0.05) is 36.4 Å². The maximum absolute atomic E-state index is 12.5. The van der Waals surface area contributed by atoms with Crippen LogP contribution in [0.3, 0.4) is 0 Å². The van der Waals surface area contributed by atoms with Crippen molar-refractivity contribution in [2.75, 3.05) is 13.7 Å². The van der Waals surface area contributed by atoms with Gasteiger partial charge in [0.15, 0.2) is 11.5 Å². The van der Waals surface area contributed by atoms with Crippen LogP contribution in [-0.2, 0) is 16.9 Å². The number of amides is 1. The van der Waals surface area contributed by atoms with Crippen LogP contribution in [0, 0.1) is 0 Å². The Morgan fingerprint density at radius 1 is 1.17 bits per heavy atom. The summed E-state index contributed by atoms with van der Waals surface area (Å²) in [5, 5.41) is 2.88. The largest absolute Gasteiger partial charge is 0.493 e. The maximum atomic E-state index is 12.5. The van der Waals surface area contributed by atoms with Gasteiger partial charge in [-0.15, -0.1) is 0 Å². The van der Waals surface area contributed by atoms with Gasteiger partial charge in [-0.25, -0.2) is 0 Å². The number of carbonyl (C=O) groups excluding carboxylic acids is 1. The molecule has 5 nitrogen and oxygen atoms in total. The topological polar surface area (TPSA) is 73.6 Å². The van der Waals surface area contributed by atoms with Crippen LogP contribution in [0.25, 0.3) is 0 Å². The fourth-order valence-corrected chi connectivity index (χ4v) is 2.38. The normalized spacial score (nSPS) is 13.0. The van der Waals surface area contributed by atoms with Gasteiger partial charge in [-0.05, 0) is 37.1 Å². The van der Waals surface area contributed by atoms with Crippen molar-refractivity contribution in [1.29, 1.82) is 0 Å². The third-order valence-corrected chi connectivity index (χ3v) is 3.83. The van der Waals surface area contributed by atoms with Gasteiger partial charge in [0.1, 0.15) is 5.54 Å². The first-order valence-electron chi connectivity index (χ1n) is 7.91. The first kappa shape index (κ1) is 17.8. The molecule has 1 atom stereocenters. The lowest BCUT2D eigenvalue weighted by Gasteiger charge is -2.24. The molecular weight excluding hydrogens is 304 g/mol. The van der Waals surface area contributed by atoms with E-state index in [0.717, 1.165) is 11.1 Å². The molecule has 1 amide bonds. The molecule has 0 saturated heterocycles. The van der Waals surface area contributed by atoms with Gasteiger partial charge in [0.25, 0.3) is 0 Å². The summed E-state index contributed by atoms with van der Waals surface area (Å²) in [5.74, 6) is 1.09. The lowest BCUT2D eigenvalue weighted by Crippen LogP contribution is -2.48. The maximum Gasteiger partial charge on any atom is 0.244 e. The molecule has 0 fully saturated rings. The van der Waals surface area contributed by atoms with Gasteiger partial charge in [0, 0.05) is 6.54 Å². The van der Waals surface area contributed by atoms with E-state index in [-0.39, 0.29) is 5.91 Å². The third-order valence-electron chi connectivity index (χ3n) is 3.83. The molecule has 0 spiro atoms. The van der Waals surface area contributed by atoms with E-state index >= 15 is 0 Å². The summed E-state index contributed by atoms with van der Waals surface area (Å²) in [7, 11) is 1.60. The number of rotatable bonds is 7. The second-order valence-electron chi connectivity index (χ2n) is 5.67. The van der Waals surface area contributed by atoms with Crippen LogP contribution in [-0.4, -0.2) is 19.6 Å². The molecule has 0 heterocycles. The van der Waals surface area contributed by atoms with Gasteiger partial charge >= 0.3 is 0 Å². The highest BCUT2D eigenvalue weighted by Crippen LogP contribution is 2.28. The van der Waals surface area contributed by atoms with Crippen molar-refractivity contribution >= 4 is 5.91 Å². The summed E-state index contributed by atoms with van der Waals surface area (Å²) in [6, 6.07) is 14.9. The zero-order valence-electron chi connectivity index (χ0n) is 14.3. The fourth-order valence-electron chi connectivity index (χ4n) is 2.38. The Morgan fingerprint density at radius 2 is 1.88 bits per heavy atom. The highest BCUT2D eigenvalue weighted by atomic mass is 16.5.